The first kappa shape index (κ1) is 45.8. The molecule has 0 spiro atoms. The lowest BCUT2D eigenvalue weighted by molar-refractivity contribution is -0.274. The average Bonchev–Trinajstić information content (AvgIpc) is 4.12. The van der Waals surface area contributed by atoms with Crippen molar-refractivity contribution in [3.8, 4) is 22.9 Å². The average molecular weight is 917 g/mol. The predicted molar refractivity (Wildman–Crippen MR) is 231 cm³/mol. The van der Waals surface area contributed by atoms with Crippen molar-refractivity contribution in [1.82, 2.24) is 25.2 Å². The number of hydrogen-bond donors (Lipinski definition) is 3. The molecule has 20 heteroatoms. The summed E-state index contributed by atoms with van der Waals surface area (Å²) in [4.78, 5) is 64.2. The molecule has 2 aliphatic heterocycles. The van der Waals surface area contributed by atoms with Gasteiger partial charge in [0.2, 0.25) is 27.7 Å². The molecule has 3 aromatic rings. The van der Waals surface area contributed by atoms with E-state index in [2.05, 4.69) is 20.1 Å². The summed E-state index contributed by atoms with van der Waals surface area (Å²) in [6, 6.07) is 10.2. The molecule has 7 rings (SSSR count). The van der Waals surface area contributed by atoms with E-state index in [0.29, 0.717) is 53.5 Å². The summed E-state index contributed by atoms with van der Waals surface area (Å²) in [5.74, 6) is -2.19. The summed E-state index contributed by atoms with van der Waals surface area (Å²) in [6.07, 6.45) is -0.648. The first-order chi connectivity index (χ1) is 29.6. The van der Waals surface area contributed by atoms with Crippen LogP contribution in [0.25, 0.3) is 22.0 Å². The molecule has 2 saturated carbocycles. The van der Waals surface area contributed by atoms with E-state index in [1.807, 2.05) is 43.3 Å². The fourth-order valence-corrected chi connectivity index (χ4v) is 10.0. The van der Waals surface area contributed by atoms with Gasteiger partial charge in [-0.3, -0.25) is 19.1 Å². The third-order valence-corrected chi connectivity index (χ3v) is 14.0. The summed E-state index contributed by atoms with van der Waals surface area (Å²) in [5, 5.41) is 6.11. The topological polar surface area (TPSA) is 186 Å². The highest BCUT2D eigenvalue weighted by atomic mass is 32.2. The number of thioether (sulfide) groups is 1. The number of pyridine rings is 1. The van der Waals surface area contributed by atoms with Crippen LogP contribution in [-0.2, 0) is 29.1 Å². The second kappa shape index (κ2) is 17.7. The summed E-state index contributed by atoms with van der Waals surface area (Å²) < 4.78 is 83.1. The molecule has 5 atom stereocenters. The van der Waals surface area contributed by atoms with Crippen LogP contribution in [0, 0.1) is 5.92 Å². The summed E-state index contributed by atoms with van der Waals surface area (Å²) in [5.41, 5.74) is -0.821. The second-order valence-corrected chi connectivity index (χ2v) is 20.6. The van der Waals surface area contributed by atoms with Crippen LogP contribution in [0.1, 0.15) is 59.3 Å². The first-order valence-corrected chi connectivity index (χ1v) is 23.4. The smallest absolute Gasteiger partial charge is 0.472 e. The van der Waals surface area contributed by atoms with Gasteiger partial charge in [-0.15, -0.1) is 13.2 Å². The molecule has 340 valence electrons. The van der Waals surface area contributed by atoms with Crippen molar-refractivity contribution in [2.24, 2.45) is 5.92 Å². The Hall–Kier alpha value is -5.24. The van der Waals surface area contributed by atoms with Crippen LogP contribution in [0.4, 0.5) is 23.7 Å². The number of nitrogens with zero attached hydrogens (tertiary/aromatic N) is 3. The van der Waals surface area contributed by atoms with E-state index in [1.54, 1.807) is 32.9 Å². The quantitative estimate of drug-likeness (QED) is 0.224. The maximum atomic E-state index is 14.7. The molecule has 1 aromatic heterocycles. The number of nitrogens with one attached hydrogen (secondary N) is 3. The second-order valence-electron chi connectivity index (χ2n) is 17.5. The maximum absolute atomic E-state index is 14.7. The van der Waals surface area contributed by atoms with Crippen molar-refractivity contribution in [2.45, 2.75) is 100 Å². The van der Waals surface area contributed by atoms with Crippen molar-refractivity contribution in [3.63, 3.8) is 0 Å². The highest BCUT2D eigenvalue weighted by Crippen LogP contribution is 2.46. The van der Waals surface area contributed by atoms with Gasteiger partial charge in [0.05, 0.1) is 17.5 Å². The van der Waals surface area contributed by atoms with E-state index < -0.39 is 86.4 Å². The molecule has 4 amide bonds. The Morgan fingerprint density at radius 2 is 1.78 bits per heavy atom. The van der Waals surface area contributed by atoms with Crippen molar-refractivity contribution in [1.29, 1.82) is 0 Å². The van der Waals surface area contributed by atoms with Crippen LogP contribution in [0.3, 0.4) is 0 Å². The number of aromatic nitrogens is 1. The Balaban J connectivity index is 1.24. The van der Waals surface area contributed by atoms with E-state index >= 15 is 0 Å². The van der Waals surface area contributed by atoms with Gasteiger partial charge in [-0.1, -0.05) is 12.2 Å². The van der Waals surface area contributed by atoms with Crippen LogP contribution in [0.2, 0.25) is 0 Å². The minimum atomic E-state index is -4.88. The summed E-state index contributed by atoms with van der Waals surface area (Å²) in [6.45, 7) is 4.91. The molecule has 2 aromatic carbocycles. The third-order valence-electron chi connectivity index (χ3n) is 11.1. The SMILES string of the molecule is CN(C)c1ccc2c(OC3C[C@H]4C(=O)N[C@]5(C(=O)NS(=O)(=O)C6CC6)CC5C=CCCCSC[C@H](NC(=O)OC(C)(C)C)C(=O)N4C3)nc(-c3ccc(OC(F)(F)F)cc3)cc2c1. The van der Waals surface area contributed by atoms with E-state index in [9.17, 15) is 40.8 Å². The highest BCUT2D eigenvalue weighted by molar-refractivity contribution is 7.99. The zero-order chi connectivity index (χ0) is 45.5. The number of amides is 4. The number of sulfonamides is 1. The molecule has 3 N–H and O–H groups in total. The first-order valence-electron chi connectivity index (χ1n) is 20.7. The molecule has 3 heterocycles. The Labute approximate surface area is 367 Å². The van der Waals surface area contributed by atoms with Crippen LogP contribution in [0.15, 0.2) is 60.7 Å². The fourth-order valence-electron chi connectivity index (χ4n) is 7.65. The largest absolute Gasteiger partial charge is 0.573 e. The Bertz CT molecular complexity index is 2390. The van der Waals surface area contributed by atoms with Crippen molar-refractivity contribution in [3.05, 3.63) is 60.7 Å². The number of carbonyl (C=O) groups excluding carboxylic acids is 4. The number of allylic oxidation sites excluding steroid dienone is 1. The minimum absolute atomic E-state index is 0.0882. The van der Waals surface area contributed by atoms with Gasteiger partial charge >= 0.3 is 12.5 Å². The van der Waals surface area contributed by atoms with Gasteiger partial charge in [-0.25, -0.2) is 18.2 Å². The standard InChI is InChI=1S/C43H51F3N6O9S2/c1-41(2,3)61-40(56)48-34-24-62-18-8-6-7-9-27-22-42(27,39(55)50-63(57,58)31-15-16-31)49-36(53)35-21-30(23-52(35)38(34)54)59-37-32-17-12-28(51(4)5)19-26(32)20-33(47-37)25-10-13-29(14-11-25)60-43(44,45)46/h7,9-14,17,19-20,27,30-31,34-35H,6,8,15-16,18,21-24H2,1-5H3,(H,48,56)(H,49,53)(H,50,55)/t27?,30?,34-,35-,42+/m0/s1. The van der Waals surface area contributed by atoms with Crippen molar-refractivity contribution >= 4 is 62.1 Å². The van der Waals surface area contributed by atoms with E-state index in [4.69, 9.17) is 14.5 Å². The molecule has 0 bridgehead atoms. The maximum Gasteiger partial charge on any atom is 0.573 e. The molecule has 1 saturated heterocycles. The molecule has 63 heavy (non-hydrogen) atoms. The number of carbonyl (C=O) groups is 4. The lowest BCUT2D eigenvalue weighted by Crippen LogP contribution is -2.58. The lowest BCUT2D eigenvalue weighted by atomic mass is 10.1. The predicted octanol–water partition coefficient (Wildman–Crippen LogP) is 5.67. The highest BCUT2D eigenvalue weighted by Gasteiger charge is 2.62. The van der Waals surface area contributed by atoms with Crippen LogP contribution in [0.5, 0.6) is 11.6 Å². The molecule has 2 aliphatic carbocycles. The van der Waals surface area contributed by atoms with E-state index in [1.165, 1.54) is 40.9 Å². The number of ether oxygens (including phenoxy) is 3. The number of halogens is 3. The van der Waals surface area contributed by atoms with Gasteiger partial charge in [0.15, 0.2) is 0 Å². The number of hydrogen-bond acceptors (Lipinski definition) is 12. The van der Waals surface area contributed by atoms with Crippen molar-refractivity contribution < 1.29 is 55.0 Å². The van der Waals surface area contributed by atoms with E-state index in [0.717, 1.165) is 5.69 Å². The van der Waals surface area contributed by atoms with Gasteiger partial charge in [0.25, 0.3) is 5.91 Å². The molecular formula is C43H51F3N6O9S2. The van der Waals surface area contributed by atoms with Crippen LogP contribution in [-0.4, -0.2) is 115 Å². The normalized spacial score (nSPS) is 24.5. The van der Waals surface area contributed by atoms with E-state index in [-0.39, 0.29) is 31.0 Å². The minimum Gasteiger partial charge on any atom is -0.472 e. The summed E-state index contributed by atoms with van der Waals surface area (Å²) >= 11 is 1.44. The molecule has 3 fully saturated rings. The molecule has 2 unspecified atom stereocenters. The number of anilines is 1. The lowest BCUT2D eigenvalue weighted by Gasteiger charge is -2.30. The van der Waals surface area contributed by atoms with Crippen LogP contribution >= 0.6 is 11.8 Å². The Morgan fingerprint density at radius 3 is 2.44 bits per heavy atom. The van der Waals surface area contributed by atoms with Crippen molar-refractivity contribution in [2.75, 3.05) is 37.0 Å². The molecule has 0 radical (unpaired) electrons. The number of benzene rings is 2. The van der Waals surface area contributed by atoms with Gasteiger partial charge in [0.1, 0.15) is 35.1 Å². The molecule has 15 nitrogen and oxygen atoms in total. The zero-order valence-electron chi connectivity index (χ0n) is 35.5. The monoisotopic (exact) mass is 916 g/mol. The fraction of sp³-hybridized carbons (Fsp3) is 0.512. The third kappa shape index (κ3) is 11.1. The number of alkyl carbamates (subject to hydrolysis) is 1. The van der Waals surface area contributed by atoms with Gasteiger partial charge in [0, 0.05) is 48.8 Å². The summed E-state index contributed by atoms with van der Waals surface area (Å²) in [7, 11) is -0.234. The molecular weight excluding hydrogens is 866 g/mol. The Morgan fingerprint density at radius 1 is 1.05 bits per heavy atom. The number of fused-ring (bicyclic) bond motifs is 3. The number of alkyl halides is 3. The van der Waals surface area contributed by atoms with Gasteiger partial charge in [-0.2, -0.15) is 11.8 Å². The number of rotatable bonds is 9. The Kier molecular flexibility index (Phi) is 12.9. The molecule has 4 aliphatic rings. The van der Waals surface area contributed by atoms with Gasteiger partial charge < -0.3 is 34.6 Å². The zero-order valence-corrected chi connectivity index (χ0v) is 37.1. The van der Waals surface area contributed by atoms with Gasteiger partial charge in [-0.05, 0) is 113 Å². The van der Waals surface area contributed by atoms with Crippen LogP contribution < -0.4 is 29.7 Å².